The number of aryl methyl sites for hydroxylation is 1. The molecule has 146 valence electrons. The molecule has 1 aliphatic carbocycles. The van der Waals surface area contributed by atoms with Gasteiger partial charge in [0.05, 0.1) is 19.3 Å². The van der Waals surface area contributed by atoms with Gasteiger partial charge in [-0.3, -0.25) is 4.79 Å². The van der Waals surface area contributed by atoms with E-state index in [-0.39, 0.29) is 23.2 Å². The van der Waals surface area contributed by atoms with Crippen LogP contribution in [0.1, 0.15) is 52.4 Å². The second kappa shape index (κ2) is 6.59. The fraction of sp³-hybridized carbons (Fsp3) is 0.435. The van der Waals surface area contributed by atoms with Crippen LogP contribution in [0.5, 0.6) is 0 Å². The lowest BCUT2D eigenvalue weighted by atomic mass is 9.80. The normalized spacial score (nSPS) is 22.5. The minimum Gasteiger partial charge on any atom is -0.378 e. The van der Waals surface area contributed by atoms with Crippen LogP contribution in [0.25, 0.3) is 0 Å². The third kappa shape index (κ3) is 2.98. The lowest BCUT2D eigenvalue weighted by Crippen LogP contribution is -2.40. The molecule has 1 atom stereocenters. The number of benzene rings is 2. The van der Waals surface area contributed by atoms with Crippen LogP contribution in [0.15, 0.2) is 36.4 Å². The summed E-state index contributed by atoms with van der Waals surface area (Å²) >= 11 is 0. The molecule has 0 bridgehead atoms. The number of nitrogens with one attached hydrogen (secondary N) is 1. The van der Waals surface area contributed by atoms with Crippen LogP contribution in [0, 0.1) is 12.7 Å². The molecule has 0 aromatic heterocycles. The number of nitrogens with zero attached hydrogens (tertiary/aromatic N) is 1. The largest absolute Gasteiger partial charge is 0.378 e. The van der Waals surface area contributed by atoms with Gasteiger partial charge >= 0.3 is 0 Å². The molecular formula is C23H25FN2O2. The first kappa shape index (κ1) is 17.7. The van der Waals surface area contributed by atoms with Gasteiger partial charge in [0.25, 0.3) is 5.91 Å². The van der Waals surface area contributed by atoms with Crippen molar-refractivity contribution in [1.82, 2.24) is 4.90 Å². The van der Waals surface area contributed by atoms with Gasteiger partial charge < -0.3 is 15.0 Å². The van der Waals surface area contributed by atoms with E-state index in [4.69, 9.17) is 4.74 Å². The summed E-state index contributed by atoms with van der Waals surface area (Å²) in [5.41, 5.74) is 5.34. The molecule has 1 spiro atoms. The van der Waals surface area contributed by atoms with Crippen molar-refractivity contribution < 1.29 is 13.9 Å². The smallest absolute Gasteiger partial charge is 0.254 e. The van der Waals surface area contributed by atoms with Gasteiger partial charge in [0, 0.05) is 24.3 Å². The van der Waals surface area contributed by atoms with E-state index >= 15 is 0 Å². The second-order valence-corrected chi connectivity index (χ2v) is 8.35. The Morgan fingerprint density at radius 3 is 2.71 bits per heavy atom. The fourth-order valence-electron chi connectivity index (χ4n) is 4.73. The molecule has 28 heavy (non-hydrogen) atoms. The molecule has 0 radical (unpaired) electrons. The van der Waals surface area contributed by atoms with Crippen molar-refractivity contribution >= 4 is 11.6 Å². The number of amides is 1. The predicted octanol–water partition coefficient (Wildman–Crippen LogP) is 4.20. The van der Waals surface area contributed by atoms with Crippen molar-refractivity contribution in [3.8, 4) is 0 Å². The van der Waals surface area contributed by atoms with Crippen molar-refractivity contribution in [2.75, 3.05) is 31.6 Å². The molecule has 1 N–H and O–H groups in total. The quantitative estimate of drug-likeness (QED) is 0.849. The molecule has 3 aliphatic rings. The Balaban J connectivity index is 1.46. The Labute approximate surface area is 164 Å². The summed E-state index contributed by atoms with van der Waals surface area (Å²) in [6, 6.07) is 11.2. The van der Waals surface area contributed by atoms with Crippen molar-refractivity contribution in [3.05, 3.63) is 64.5 Å². The molecule has 5 heteroatoms. The Hall–Kier alpha value is -2.40. The van der Waals surface area contributed by atoms with E-state index in [1.807, 2.05) is 30.0 Å². The number of carbonyl (C=O) groups excluding carboxylic acids is 1. The zero-order valence-corrected chi connectivity index (χ0v) is 16.1. The molecule has 2 aliphatic heterocycles. The number of hydrogen-bond donors (Lipinski definition) is 1. The number of halogens is 1. The molecule has 2 aromatic carbocycles. The molecule has 1 amide bonds. The molecule has 5 rings (SSSR count). The van der Waals surface area contributed by atoms with E-state index < -0.39 is 0 Å². The maximum absolute atomic E-state index is 13.8. The van der Waals surface area contributed by atoms with Crippen molar-refractivity contribution in [1.29, 1.82) is 0 Å². The van der Waals surface area contributed by atoms with Gasteiger partial charge in [0.15, 0.2) is 0 Å². The number of ether oxygens (including phenoxy) is 1. The highest BCUT2D eigenvalue weighted by molar-refractivity contribution is 5.95. The SMILES string of the molecule is Cc1ccc(F)cc1C1CC2(CC2)c2cc(C(=O)N3CCOCC3)ccc2N1. The van der Waals surface area contributed by atoms with Gasteiger partial charge in [-0.15, -0.1) is 0 Å². The third-order valence-corrected chi connectivity index (χ3v) is 6.53. The minimum atomic E-state index is -0.190. The number of carbonyl (C=O) groups is 1. The van der Waals surface area contributed by atoms with E-state index in [9.17, 15) is 9.18 Å². The Kier molecular flexibility index (Phi) is 4.16. The molecule has 2 fully saturated rings. The van der Waals surface area contributed by atoms with Gasteiger partial charge in [0.2, 0.25) is 0 Å². The number of fused-ring (bicyclic) bond motifs is 2. The number of anilines is 1. The van der Waals surface area contributed by atoms with Crippen LogP contribution in [-0.2, 0) is 10.2 Å². The van der Waals surface area contributed by atoms with Gasteiger partial charge in [0.1, 0.15) is 5.82 Å². The Bertz CT molecular complexity index is 932. The third-order valence-electron chi connectivity index (χ3n) is 6.53. The van der Waals surface area contributed by atoms with Gasteiger partial charge in [-0.1, -0.05) is 6.07 Å². The lowest BCUT2D eigenvalue weighted by molar-refractivity contribution is 0.0303. The summed E-state index contributed by atoms with van der Waals surface area (Å²) in [4.78, 5) is 14.8. The zero-order valence-electron chi connectivity index (χ0n) is 16.1. The summed E-state index contributed by atoms with van der Waals surface area (Å²) in [5.74, 6) is -0.102. The van der Waals surface area contributed by atoms with Crippen LogP contribution in [0.4, 0.5) is 10.1 Å². The summed E-state index contributed by atoms with van der Waals surface area (Å²) in [7, 11) is 0. The number of morpholine rings is 1. The van der Waals surface area contributed by atoms with Crippen LogP contribution >= 0.6 is 0 Å². The zero-order chi connectivity index (χ0) is 19.3. The van der Waals surface area contributed by atoms with Crippen LogP contribution in [0.3, 0.4) is 0 Å². The number of rotatable bonds is 2. The summed E-state index contributed by atoms with van der Waals surface area (Å²) in [6.07, 6.45) is 3.20. The Morgan fingerprint density at radius 2 is 1.96 bits per heavy atom. The molecule has 1 saturated carbocycles. The Morgan fingerprint density at radius 1 is 1.18 bits per heavy atom. The van der Waals surface area contributed by atoms with Crippen molar-refractivity contribution in [3.63, 3.8) is 0 Å². The molecule has 1 saturated heterocycles. The summed E-state index contributed by atoms with van der Waals surface area (Å²) < 4.78 is 19.2. The predicted molar refractivity (Wildman–Crippen MR) is 106 cm³/mol. The van der Waals surface area contributed by atoms with Crippen molar-refractivity contribution in [2.24, 2.45) is 0 Å². The summed E-state index contributed by atoms with van der Waals surface area (Å²) in [5, 5.41) is 3.61. The first-order chi connectivity index (χ1) is 13.6. The highest BCUT2D eigenvalue weighted by Crippen LogP contribution is 2.59. The number of hydrogen-bond acceptors (Lipinski definition) is 3. The highest BCUT2D eigenvalue weighted by atomic mass is 19.1. The van der Waals surface area contributed by atoms with Crippen LogP contribution in [-0.4, -0.2) is 37.1 Å². The van der Waals surface area contributed by atoms with E-state index in [0.29, 0.717) is 26.3 Å². The average molecular weight is 380 g/mol. The highest BCUT2D eigenvalue weighted by Gasteiger charge is 2.50. The average Bonchev–Trinajstić information content (AvgIpc) is 3.49. The molecule has 4 nitrogen and oxygen atoms in total. The van der Waals surface area contributed by atoms with E-state index in [1.165, 1.54) is 11.6 Å². The van der Waals surface area contributed by atoms with E-state index in [1.54, 1.807) is 6.07 Å². The molecule has 2 heterocycles. The van der Waals surface area contributed by atoms with Gasteiger partial charge in [-0.25, -0.2) is 4.39 Å². The maximum Gasteiger partial charge on any atom is 0.254 e. The molecule has 2 aromatic rings. The standard InChI is InChI=1S/C23H25FN2O2/c1-15-2-4-17(24)13-18(15)21-14-23(6-7-23)19-12-16(3-5-20(19)25-21)22(27)26-8-10-28-11-9-26/h2-5,12-13,21,25H,6-11,14H2,1H3. The second-order valence-electron chi connectivity index (χ2n) is 8.35. The topological polar surface area (TPSA) is 41.6 Å². The van der Waals surface area contributed by atoms with Crippen LogP contribution in [0.2, 0.25) is 0 Å². The summed E-state index contributed by atoms with van der Waals surface area (Å²) in [6.45, 7) is 4.56. The van der Waals surface area contributed by atoms with Gasteiger partial charge in [-0.05, 0) is 78.6 Å². The van der Waals surface area contributed by atoms with Gasteiger partial charge in [-0.2, -0.15) is 0 Å². The first-order valence-corrected chi connectivity index (χ1v) is 10.1. The fourth-order valence-corrected chi connectivity index (χ4v) is 4.73. The lowest BCUT2D eigenvalue weighted by Gasteiger charge is -2.35. The minimum absolute atomic E-state index is 0.0880. The molecule has 1 unspecified atom stereocenters. The molecular weight excluding hydrogens is 355 g/mol. The van der Waals surface area contributed by atoms with Crippen molar-refractivity contribution in [2.45, 2.75) is 37.6 Å². The monoisotopic (exact) mass is 380 g/mol. The maximum atomic E-state index is 13.8. The van der Waals surface area contributed by atoms with E-state index in [2.05, 4.69) is 11.4 Å². The van der Waals surface area contributed by atoms with Crippen LogP contribution < -0.4 is 5.32 Å². The first-order valence-electron chi connectivity index (χ1n) is 10.1. The van der Waals surface area contributed by atoms with E-state index in [0.717, 1.165) is 41.6 Å².